The van der Waals surface area contributed by atoms with E-state index in [0.29, 0.717) is 37.3 Å². The number of alkyl halides is 4. The van der Waals surface area contributed by atoms with E-state index in [1.54, 1.807) is 11.8 Å². The van der Waals surface area contributed by atoms with E-state index in [1.807, 2.05) is 11.0 Å². The number of nitrogens with two attached hydrogens (primary N) is 1. The number of halogens is 6. The molecule has 270 valence electrons. The molecule has 0 aliphatic carbocycles. The van der Waals surface area contributed by atoms with Crippen LogP contribution in [0.4, 0.5) is 42.0 Å². The summed E-state index contributed by atoms with van der Waals surface area (Å²) in [5, 5.41) is 9.18. The second kappa shape index (κ2) is 12.9. The number of aromatic nitrogens is 2. The minimum atomic E-state index is -5.13. The molecule has 0 unspecified atom stereocenters. The highest BCUT2D eigenvalue weighted by Crippen LogP contribution is 2.48. The van der Waals surface area contributed by atoms with Crippen molar-refractivity contribution in [3.63, 3.8) is 0 Å². The molecular formula is C34H33F6N7O3S. The van der Waals surface area contributed by atoms with Gasteiger partial charge in [-0.3, -0.25) is 4.90 Å². The first-order valence-corrected chi connectivity index (χ1v) is 17.3. The van der Waals surface area contributed by atoms with Gasteiger partial charge in [-0.2, -0.15) is 28.4 Å². The number of carbonyl (C=O) groups excluding carboxylic acids is 1. The zero-order valence-electron chi connectivity index (χ0n) is 27.6. The van der Waals surface area contributed by atoms with Crippen LogP contribution in [0.15, 0.2) is 18.2 Å². The standard InChI is InChI=1S/C34H33F6N7O3S/c1-3-47(18-7-10-45(15-18)32(48)49-2)30-20-11-22(34(38,39)40)25(19-5-6-23(36)28-24(19)21(13-41)29(42)51-28)26(37)27(20)43-31(44-30)50-16-33-8-4-9-46(33)14-17(35)12-33/h5-6,11,17-18H,3-4,7-10,12,14-16,42H2,1-2H3/t17-,18+,33+/m1/s1. The summed E-state index contributed by atoms with van der Waals surface area (Å²) >= 11 is 0.674. The van der Waals surface area contributed by atoms with Gasteiger partial charge in [-0.25, -0.2) is 18.0 Å². The molecule has 3 aliphatic rings. The molecule has 3 aliphatic heterocycles. The maximum Gasteiger partial charge on any atom is 0.417 e. The normalized spacial score (nSPS) is 22.1. The third-order valence-electron chi connectivity index (χ3n) is 10.3. The Balaban J connectivity index is 1.45. The number of benzene rings is 2. The fourth-order valence-corrected chi connectivity index (χ4v) is 8.94. The zero-order valence-corrected chi connectivity index (χ0v) is 28.4. The van der Waals surface area contributed by atoms with Gasteiger partial charge in [0.25, 0.3) is 0 Å². The maximum absolute atomic E-state index is 17.1. The molecular weight excluding hydrogens is 700 g/mol. The van der Waals surface area contributed by atoms with Gasteiger partial charge < -0.3 is 25.0 Å². The molecule has 0 radical (unpaired) electrons. The van der Waals surface area contributed by atoms with Crippen molar-refractivity contribution < 1.29 is 40.6 Å². The lowest BCUT2D eigenvalue weighted by Crippen LogP contribution is -2.43. The van der Waals surface area contributed by atoms with Crippen molar-refractivity contribution in [1.82, 2.24) is 19.8 Å². The lowest BCUT2D eigenvalue weighted by atomic mass is 9.92. The van der Waals surface area contributed by atoms with Crippen LogP contribution in [0.25, 0.3) is 32.1 Å². The Kier molecular flexibility index (Phi) is 8.81. The number of thiophene rings is 1. The molecule has 0 spiro atoms. The maximum atomic E-state index is 17.1. The van der Waals surface area contributed by atoms with E-state index in [4.69, 9.17) is 15.2 Å². The van der Waals surface area contributed by atoms with Gasteiger partial charge in [-0.05, 0) is 50.4 Å². The number of nitrogens with zero attached hydrogens (tertiary/aromatic N) is 6. The van der Waals surface area contributed by atoms with Gasteiger partial charge >= 0.3 is 18.3 Å². The van der Waals surface area contributed by atoms with E-state index in [9.17, 15) is 18.8 Å². The molecule has 3 saturated heterocycles. The smallest absolute Gasteiger partial charge is 0.417 e. The van der Waals surface area contributed by atoms with Crippen LogP contribution in [0.1, 0.15) is 43.7 Å². The fourth-order valence-electron chi connectivity index (χ4n) is 7.99. The molecule has 2 aromatic carbocycles. The van der Waals surface area contributed by atoms with Crippen molar-refractivity contribution in [2.45, 2.75) is 56.5 Å². The number of methoxy groups -OCH3 is 1. The van der Waals surface area contributed by atoms with Gasteiger partial charge in [0.05, 0.1) is 28.5 Å². The highest BCUT2D eigenvalue weighted by Gasteiger charge is 2.49. The number of fused-ring (bicyclic) bond motifs is 3. The molecule has 7 rings (SSSR count). The second-order valence-corrected chi connectivity index (χ2v) is 14.1. The van der Waals surface area contributed by atoms with Crippen molar-refractivity contribution in [1.29, 1.82) is 5.26 Å². The number of ether oxygens (including phenoxy) is 2. The van der Waals surface area contributed by atoms with E-state index in [2.05, 4.69) is 9.97 Å². The first-order chi connectivity index (χ1) is 24.3. The molecule has 2 aromatic heterocycles. The van der Waals surface area contributed by atoms with E-state index in [1.165, 1.54) is 12.0 Å². The number of carbonyl (C=O) groups is 1. The van der Waals surface area contributed by atoms with E-state index >= 15 is 17.6 Å². The monoisotopic (exact) mass is 733 g/mol. The van der Waals surface area contributed by atoms with Gasteiger partial charge in [0.1, 0.15) is 41.0 Å². The van der Waals surface area contributed by atoms with Crippen LogP contribution in [-0.4, -0.2) is 90.1 Å². The van der Waals surface area contributed by atoms with Crippen LogP contribution < -0.4 is 15.4 Å². The Bertz CT molecular complexity index is 2090. The van der Waals surface area contributed by atoms with E-state index in [-0.39, 0.29) is 76.1 Å². The number of likely N-dealkylation sites (N-methyl/N-ethyl adjacent to an activating group) is 1. The molecule has 10 nitrogen and oxygen atoms in total. The molecule has 1 amide bonds. The van der Waals surface area contributed by atoms with E-state index in [0.717, 1.165) is 24.6 Å². The summed E-state index contributed by atoms with van der Waals surface area (Å²) in [4.78, 5) is 26.3. The number of hydrogen-bond acceptors (Lipinski definition) is 10. The Morgan fingerprint density at radius 1 is 1.24 bits per heavy atom. The number of anilines is 2. The third-order valence-corrected chi connectivity index (χ3v) is 11.3. The van der Waals surface area contributed by atoms with Crippen LogP contribution >= 0.6 is 11.3 Å². The van der Waals surface area contributed by atoms with Crippen LogP contribution in [0, 0.1) is 23.0 Å². The summed E-state index contributed by atoms with van der Waals surface area (Å²) in [5.41, 5.74) is 1.82. The van der Waals surface area contributed by atoms with Crippen LogP contribution in [-0.2, 0) is 10.9 Å². The fraction of sp³-hybridized carbons (Fsp3) is 0.471. The average Bonchev–Trinajstić information content (AvgIpc) is 3.87. The molecule has 5 heterocycles. The lowest BCUT2D eigenvalue weighted by molar-refractivity contribution is -0.137. The number of amides is 1. The number of hydrogen-bond donors (Lipinski definition) is 1. The first kappa shape index (κ1) is 34.9. The average molecular weight is 734 g/mol. The Morgan fingerprint density at radius 3 is 2.73 bits per heavy atom. The van der Waals surface area contributed by atoms with Crippen molar-refractivity contribution in [3.05, 3.63) is 41.0 Å². The van der Waals surface area contributed by atoms with Gasteiger partial charge in [0.2, 0.25) is 0 Å². The topological polar surface area (TPSA) is 121 Å². The quantitative estimate of drug-likeness (QED) is 0.203. The second-order valence-electron chi connectivity index (χ2n) is 13.1. The van der Waals surface area contributed by atoms with Crippen molar-refractivity contribution in [2.75, 3.05) is 57.1 Å². The number of nitrogen functional groups attached to an aromatic ring is 1. The summed E-state index contributed by atoms with van der Waals surface area (Å²) in [6.45, 7) is 3.32. The summed E-state index contributed by atoms with van der Waals surface area (Å²) in [6, 6.07) is 3.69. The molecule has 3 atom stereocenters. The van der Waals surface area contributed by atoms with Gasteiger partial charge in [-0.15, -0.1) is 11.3 Å². The minimum Gasteiger partial charge on any atom is -0.461 e. The van der Waals surface area contributed by atoms with Gasteiger partial charge in [0, 0.05) is 55.0 Å². The summed E-state index contributed by atoms with van der Waals surface area (Å²) in [5.74, 6) is -2.28. The highest BCUT2D eigenvalue weighted by atomic mass is 32.1. The molecule has 0 saturated carbocycles. The Morgan fingerprint density at radius 2 is 2.02 bits per heavy atom. The molecule has 2 N–H and O–H groups in total. The van der Waals surface area contributed by atoms with Crippen molar-refractivity contribution >= 4 is 49.2 Å². The zero-order chi connectivity index (χ0) is 36.4. The highest BCUT2D eigenvalue weighted by molar-refractivity contribution is 7.23. The predicted molar refractivity (Wildman–Crippen MR) is 178 cm³/mol. The Labute approximate surface area is 292 Å². The molecule has 3 fully saturated rings. The lowest BCUT2D eigenvalue weighted by Gasteiger charge is -2.32. The largest absolute Gasteiger partial charge is 0.461 e. The summed E-state index contributed by atoms with van der Waals surface area (Å²) in [6.07, 6.45) is -4.65. The van der Waals surface area contributed by atoms with Crippen molar-refractivity contribution in [2.24, 2.45) is 0 Å². The predicted octanol–water partition coefficient (Wildman–Crippen LogP) is 6.88. The SMILES string of the molecule is CCN(c1nc(OC[C@@]23CCCN2C[C@H](F)C3)nc2c(F)c(-c3ccc(F)c4sc(N)c(C#N)c34)c(C(F)(F)F)cc12)[C@H]1CCN(C(=O)OC)C1. The number of rotatable bonds is 7. The molecule has 51 heavy (non-hydrogen) atoms. The molecule has 4 aromatic rings. The van der Waals surface area contributed by atoms with Crippen LogP contribution in [0.5, 0.6) is 6.01 Å². The molecule has 0 bridgehead atoms. The first-order valence-electron chi connectivity index (χ1n) is 16.4. The molecule has 17 heteroatoms. The van der Waals surface area contributed by atoms with E-state index < -0.39 is 58.3 Å². The van der Waals surface area contributed by atoms with Gasteiger partial charge in [0.15, 0.2) is 5.82 Å². The van der Waals surface area contributed by atoms with Crippen LogP contribution in [0.2, 0.25) is 0 Å². The van der Waals surface area contributed by atoms with Crippen LogP contribution in [0.3, 0.4) is 0 Å². The summed E-state index contributed by atoms with van der Waals surface area (Å²) < 4.78 is 103. The summed E-state index contributed by atoms with van der Waals surface area (Å²) in [7, 11) is 1.24. The Hall–Kier alpha value is -4.56. The van der Waals surface area contributed by atoms with Gasteiger partial charge in [-0.1, -0.05) is 6.07 Å². The number of nitriles is 1. The number of likely N-dealkylation sites (tertiary alicyclic amines) is 1. The minimum absolute atomic E-state index is 0.0303. The van der Waals surface area contributed by atoms with Crippen molar-refractivity contribution in [3.8, 4) is 23.2 Å². The third kappa shape index (κ3) is 5.81.